The van der Waals surface area contributed by atoms with Crippen molar-refractivity contribution < 1.29 is 17.9 Å². The first-order valence-electron chi connectivity index (χ1n) is 8.88. The number of amides is 1. The van der Waals surface area contributed by atoms with Gasteiger partial charge in [0.2, 0.25) is 10.0 Å². The standard InChI is InChI=1S/C20H21ClN4O4S/c1-13-10-19(25(23-13)16-7-5-6-15(21)12-16)22-20(26)14-8-9-17(29-4)18(11-14)30(27,28)24(2)3/h5-12H,1-4H3,(H,22,26). The maximum Gasteiger partial charge on any atom is 0.256 e. The lowest BCUT2D eigenvalue weighted by Crippen LogP contribution is -2.23. The predicted molar refractivity (Wildman–Crippen MR) is 115 cm³/mol. The second-order valence-corrected chi connectivity index (χ2v) is 9.23. The van der Waals surface area contributed by atoms with Crippen LogP contribution in [0.15, 0.2) is 53.4 Å². The van der Waals surface area contributed by atoms with E-state index in [1.165, 1.54) is 39.4 Å². The van der Waals surface area contributed by atoms with Crippen LogP contribution in [-0.4, -0.2) is 49.6 Å². The number of carbonyl (C=O) groups excluding carboxylic acids is 1. The summed E-state index contributed by atoms with van der Waals surface area (Å²) in [5.74, 6) is 0.0868. The van der Waals surface area contributed by atoms with E-state index in [0.29, 0.717) is 22.2 Å². The Hall–Kier alpha value is -2.88. The number of aromatic nitrogens is 2. The molecule has 0 fully saturated rings. The number of benzene rings is 2. The topological polar surface area (TPSA) is 93.5 Å². The fourth-order valence-corrected chi connectivity index (χ4v) is 4.06. The molecular weight excluding hydrogens is 428 g/mol. The Morgan fingerprint density at radius 1 is 1.17 bits per heavy atom. The molecule has 3 aromatic rings. The number of hydrogen-bond acceptors (Lipinski definition) is 5. The minimum absolute atomic E-state index is 0.0952. The number of anilines is 1. The van der Waals surface area contributed by atoms with Crippen LogP contribution in [0.25, 0.3) is 5.69 Å². The summed E-state index contributed by atoms with van der Waals surface area (Å²) in [6.45, 7) is 1.80. The third-order valence-electron chi connectivity index (χ3n) is 4.31. The summed E-state index contributed by atoms with van der Waals surface area (Å²) in [6, 6.07) is 13.0. The van der Waals surface area contributed by atoms with E-state index in [-0.39, 0.29) is 16.2 Å². The van der Waals surface area contributed by atoms with E-state index in [4.69, 9.17) is 16.3 Å². The van der Waals surface area contributed by atoms with Crippen molar-refractivity contribution in [3.8, 4) is 11.4 Å². The van der Waals surface area contributed by atoms with Gasteiger partial charge in [0, 0.05) is 30.7 Å². The second kappa shape index (κ2) is 8.47. The molecule has 1 aromatic heterocycles. The number of carbonyl (C=O) groups is 1. The average Bonchev–Trinajstić information content (AvgIpc) is 3.07. The number of methoxy groups -OCH3 is 1. The quantitative estimate of drug-likeness (QED) is 0.624. The minimum atomic E-state index is -3.80. The molecule has 1 amide bonds. The van der Waals surface area contributed by atoms with Crippen LogP contribution >= 0.6 is 11.6 Å². The van der Waals surface area contributed by atoms with Crippen molar-refractivity contribution >= 4 is 33.3 Å². The molecule has 10 heteroatoms. The van der Waals surface area contributed by atoms with Crippen LogP contribution < -0.4 is 10.1 Å². The highest BCUT2D eigenvalue weighted by Crippen LogP contribution is 2.27. The number of rotatable bonds is 6. The van der Waals surface area contributed by atoms with Gasteiger partial charge >= 0.3 is 0 Å². The highest BCUT2D eigenvalue weighted by atomic mass is 35.5. The van der Waals surface area contributed by atoms with Gasteiger partial charge in [0.1, 0.15) is 16.5 Å². The van der Waals surface area contributed by atoms with Crippen LogP contribution in [-0.2, 0) is 10.0 Å². The van der Waals surface area contributed by atoms with Gasteiger partial charge in [-0.05, 0) is 43.3 Å². The molecule has 2 aromatic carbocycles. The lowest BCUT2D eigenvalue weighted by Gasteiger charge is -2.15. The molecule has 8 nitrogen and oxygen atoms in total. The zero-order chi connectivity index (χ0) is 22.1. The summed E-state index contributed by atoms with van der Waals surface area (Å²) in [5.41, 5.74) is 1.53. The zero-order valence-corrected chi connectivity index (χ0v) is 18.5. The van der Waals surface area contributed by atoms with Crippen LogP contribution in [0.3, 0.4) is 0 Å². The van der Waals surface area contributed by atoms with Gasteiger partial charge in [0.05, 0.1) is 18.5 Å². The van der Waals surface area contributed by atoms with Crippen LogP contribution in [0.4, 0.5) is 5.82 Å². The number of ether oxygens (including phenoxy) is 1. The summed E-state index contributed by atoms with van der Waals surface area (Å²) in [5, 5.41) is 7.71. The van der Waals surface area contributed by atoms with Crippen molar-refractivity contribution in [2.45, 2.75) is 11.8 Å². The SMILES string of the molecule is COc1ccc(C(=O)Nc2cc(C)nn2-c2cccc(Cl)c2)cc1S(=O)(=O)N(C)C. The fraction of sp³-hybridized carbons (Fsp3) is 0.200. The molecule has 0 aliphatic heterocycles. The van der Waals surface area contributed by atoms with E-state index >= 15 is 0 Å². The maximum absolute atomic E-state index is 12.9. The molecule has 0 aliphatic rings. The first-order valence-corrected chi connectivity index (χ1v) is 10.7. The molecule has 0 spiro atoms. The predicted octanol–water partition coefficient (Wildman–Crippen LogP) is 3.35. The molecule has 1 N–H and O–H groups in total. The molecule has 0 saturated carbocycles. The molecular formula is C20H21ClN4O4S. The van der Waals surface area contributed by atoms with Gasteiger partial charge in [-0.25, -0.2) is 17.4 Å². The fourth-order valence-electron chi connectivity index (χ4n) is 2.80. The number of nitrogens with zero attached hydrogens (tertiary/aromatic N) is 3. The van der Waals surface area contributed by atoms with Gasteiger partial charge in [0.25, 0.3) is 5.91 Å². The van der Waals surface area contributed by atoms with E-state index in [1.807, 2.05) is 6.07 Å². The van der Waals surface area contributed by atoms with E-state index in [9.17, 15) is 13.2 Å². The molecule has 0 saturated heterocycles. The summed E-state index contributed by atoms with van der Waals surface area (Å²) in [6.07, 6.45) is 0. The highest BCUT2D eigenvalue weighted by molar-refractivity contribution is 7.89. The molecule has 0 unspecified atom stereocenters. The molecule has 0 atom stereocenters. The summed E-state index contributed by atoms with van der Waals surface area (Å²) in [4.78, 5) is 12.8. The van der Waals surface area contributed by atoms with Crippen LogP contribution in [0.2, 0.25) is 5.02 Å². The Morgan fingerprint density at radius 3 is 2.53 bits per heavy atom. The highest BCUT2D eigenvalue weighted by Gasteiger charge is 2.24. The third kappa shape index (κ3) is 4.33. The van der Waals surface area contributed by atoms with Crippen molar-refractivity contribution in [1.82, 2.24) is 14.1 Å². The van der Waals surface area contributed by atoms with Gasteiger partial charge in [-0.1, -0.05) is 17.7 Å². The lowest BCUT2D eigenvalue weighted by molar-refractivity contribution is 0.102. The third-order valence-corrected chi connectivity index (χ3v) is 6.38. The van der Waals surface area contributed by atoms with Gasteiger partial charge in [0.15, 0.2) is 0 Å². The Morgan fingerprint density at radius 2 is 1.90 bits per heavy atom. The molecule has 0 bridgehead atoms. The largest absolute Gasteiger partial charge is 0.495 e. The van der Waals surface area contributed by atoms with Crippen LogP contribution in [0, 0.1) is 6.92 Å². The molecule has 1 heterocycles. The van der Waals surface area contributed by atoms with E-state index in [1.54, 1.807) is 35.9 Å². The second-order valence-electron chi connectivity index (χ2n) is 6.67. The van der Waals surface area contributed by atoms with E-state index in [0.717, 1.165) is 4.31 Å². The molecule has 0 radical (unpaired) electrons. The normalized spacial score (nSPS) is 11.5. The Kier molecular flexibility index (Phi) is 6.16. The van der Waals surface area contributed by atoms with Gasteiger partial charge < -0.3 is 10.1 Å². The van der Waals surface area contributed by atoms with E-state index in [2.05, 4.69) is 10.4 Å². The number of hydrogen-bond donors (Lipinski definition) is 1. The molecule has 3 rings (SSSR count). The number of halogens is 1. The Labute approximate surface area is 180 Å². The van der Waals surface area contributed by atoms with Crippen molar-refractivity contribution in [3.63, 3.8) is 0 Å². The van der Waals surface area contributed by atoms with Crippen LogP contribution in [0.1, 0.15) is 16.1 Å². The van der Waals surface area contributed by atoms with Gasteiger partial charge in [-0.15, -0.1) is 0 Å². The Balaban J connectivity index is 1.98. The van der Waals surface area contributed by atoms with Gasteiger partial charge in [-0.2, -0.15) is 5.10 Å². The first kappa shape index (κ1) is 21.8. The maximum atomic E-state index is 12.9. The number of nitrogens with one attached hydrogen (secondary N) is 1. The molecule has 158 valence electrons. The smallest absolute Gasteiger partial charge is 0.256 e. The summed E-state index contributed by atoms with van der Waals surface area (Å²) in [7, 11) is 0.388. The van der Waals surface area contributed by atoms with Crippen molar-refractivity contribution in [2.24, 2.45) is 0 Å². The lowest BCUT2D eigenvalue weighted by atomic mass is 10.2. The van der Waals surface area contributed by atoms with E-state index < -0.39 is 15.9 Å². The number of aryl methyl sites for hydroxylation is 1. The summed E-state index contributed by atoms with van der Waals surface area (Å²) >= 11 is 6.07. The molecule has 0 aliphatic carbocycles. The molecule has 30 heavy (non-hydrogen) atoms. The van der Waals surface area contributed by atoms with Crippen molar-refractivity contribution in [1.29, 1.82) is 0 Å². The average molecular weight is 449 g/mol. The van der Waals surface area contributed by atoms with Gasteiger partial charge in [-0.3, -0.25) is 4.79 Å². The Bertz CT molecular complexity index is 1210. The zero-order valence-electron chi connectivity index (χ0n) is 16.9. The summed E-state index contributed by atoms with van der Waals surface area (Å²) < 4.78 is 33.0. The van der Waals surface area contributed by atoms with Crippen molar-refractivity contribution in [2.75, 3.05) is 26.5 Å². The monoisotopic (exact) mass is 448 g/mol. The van der Waals surface area contributed by atoms with Crippen LogP contribution in [0.5, 0.6) is 5.75 Å². The first-order chi connectivity index (χ1) is 14.1. The van der Waals surface area contributed by atoms with Crippen molar-refractivity contribution in [3.05, 3.63) is 64.8 Å². The minimum Gasteiger partial charge on any atom is -0.495 e. The number of sulfonamides is 1.